The van der Waals surface area contributed by atoms with Crippen LogP contribution in [0.25, 0.3) is 22.4 Å². The van der Waals surface area contributed by atoms with E-state index in [1.807, 2.05) is 45.0 Å². The highest BCUT2D eigenvalue weighted by Crippen LogP contribution is 2.57. The Morgan fingerprint density at radius 2 is 1.45 bits per heavy atom. The lowest BCUT2D eigenvalue weighted by Gasteiger charge is -2.35. The standard InChI is InChI=1S/C43H44N2O4/c1-7-9-10-11-20-49-41-19-16-33(24-37(41)42(47)48-8-2)43(32-15-13-28(4)36(23-32)30(6)46)38-21-27(3)12-17-34(38)35-18-14-31(22-39(35)43)40-26-44-29(5)25-45-40/h12-19,21-26H,7-11,20H2,1-6H3. The number of Topliss-reactive ketones (excluding diaryl/α,β-unsaturated/α-hetero) is 1. The number of carbonyl (C=O) groups is 2. The molecule has 6 nitrogen and oxygen atoms in total. The van der Waals surface area contributed by atoms with Gasteiger partial charge in [-0.2, -0.15) is 0 Å². The molecule has 1 heterocycles. The quantitative estimate of drug-likeness (QED) is 0.0744. The molecule has 0 aliphatic heterocycles. The van der Waals surface area contributed by atoms with Gasteiger partial charge in [0, 0.05) is 17.3 Å². The van der Waals surface area contributed by atoms with Crippen molar-refractivity contribution in [2.45, 2.75) is 72.6 Å². The number of esters is 1. The Balaban J connectivity index is 1.66. The number of fused-ring (bicyclic) bond motifs is 3. The van der Waals surface area contributed by atoms with E-state index in [0.717, 1.165) is 87.1 Å². The number of benzene rings is 4. The first kappa shape index (κ1) is 33.8. The Hall–Kier alpha value is -5.10. The van der Waals surface area contributed by atoms with Gasteiger partial charge in [-0.05, 0) is 104 Å². The number of nitrogens with zero attached hydrogens (tertiary/aromatic N) is 2. The average molecular weight is 653 g/mol. The van der Waals surface area contributed by atoms with Gasteiger partial charge in [0.25, 0.3) is 0 Å². The molecule has 6 heteroatoms. The first-order chi connectivity index (χ1) is 23.7. The van der Waals surface area contributed by atoms with Crippen LogP contribution in [0.3, 0.4) is 0 Å². The lowest BCUT2D eigenvalue weighted by Crippen LogP contribution is -2.30. The van der Waals surface area contributed by atoms with Crippen LogP contribution >= 0.6 is 0 Å². The molecule has 1 unspecified atom stereocenters. The molecule has 0 saturated heterocycles. The third kappa shape index (κ3) is 6.28. The van der Waals surface area contributed by atoms with Gasteiger partial charge in [0.15, 0.2) is 5.78 Å². The van der Waals surface area contributed by atoms with Crippen LogP contribution in [-0.2, 0) is 10.2 Å². The zero-order valence-electron chi connectivity index (χ0n) is 29.4. The monoisotopic (exact) mass is 652 g/mol. The summed E-state index contributed by atoms with van der Waals surface area (Å²) in [4.78, 5) is 35.9. The highest BCUT2D eigenvalue weighted by atomic mass is 16.5. The van der Waals surface area contributed by atoms with Gasteiger partial charge >= 0.3 is 5.97 Å². The fraction of sp³-hybridized carbons (Fsp3) is 0.302. The lowest BCUT2D eigenvalue weighted by atomic mass is 9.66. The molecule has 250 valence electrons. The van der Waals surface area contributed by atoms with E-state index in [2.05, 4.69) is 67.4 Å². The van der Waals surface area contributed by atoms with Crippen LogP contribution in [0.15, 0.2) is 85.2 Å². The van der Waals surface area contributed by atoms with Crippen molar-refractivity contribution in [3.8, 4) is 28.1 Å². The number of aromatic nitrogens is 2. The van der Waals surface area contributed by atoms with Crippen molar-refractivity contribution in [2.24, 2.45) is 0 Å². The molecule has 1 aliphatic rings. The van der Waals surface area contributed by atoms with E-state index < -0.39 is 11.4 Å². The molecule has 0 N–H and O–H groups in total. The first-order valence-corrected chi connectivity index (χ1v) is 17.3. The maximum absolute atomic E-state index is 13.6. The molecule has 49 heavy (non-hydrogen) atoms. The van der Waals surface area contributed by atoms with Gasteiger partial charge in [0.2, 0.25) is 0 Å². The van der Waals surface area contributed by atoms with Crippen molar-refractivity contribution in [1.82, 2.24) is 9.97 Å². The average Bonchev–Trinajstić information content (AvgIpc) is 3.38. The fourth-order valence-electron chi connectivity index (χ4n) is 7.13. The Morgan fingerprint density at radius 1 is 0.735 bits per heavy atom. The molecule has 0 spiro atoms. The normalized spacial score (nSPS) is 14.7. The fourth-order valence-corrected chi connectivity index (χ4v) is 7.13. The van der Waals surface area contributed by atoms with Crippen LogP contribution in [0.4, 0.5) is 0 Å². The van der Waals surface area contributed by atoms with Crippen LogP contribution in [0.1, 0.15) is 106 Å². The molecule has 0 amide bonds. The zero-order valence-corrected chi connectivity index (χ0v) is 29.4. The molecule has 1 aromatic heterocycles. The van der Waals surface area contributed by atoms with Gasteiger partial charge in [-0.3, -0.25) is 14.8 Å². The lowest BCUT2D eigenvalue weighted by molar-refractivity contribution is 0.0521. The van der Waals surface area contributed by atoms with Crippen LogP contribution in [-0.4, -0.2) is 34.9 Å². The molecular weight excluding hydrogens is 608 g/mol. The number of carbonyl (C=O) groups excluding carboxylic acids is 2. The van der Waals surface area contributed by atoms with Gasteiger partial charge < -0.3 is 9.47 Å². The van der Waals surface area contributed by atoms with Crippen LogP contribution < -0.4 is 4.74 Å². The van der Waals surface area contributed by atoms with Crippen LogP contribution in [0.5, 0.6) is 5.75 Å². The molecule has 6 rings (SSSR count). The van der Waals surface area contributed by atoms with Crippen LogP contribution in [0.2, 0.25) is 0 Å². The van der Waals surface area contributed by atoms with Crippen LogP contribution in [0, 0.1) is 20.8 Å². The number of rotatable bonds is 12. The summed E-state index contributed by atoms with van der Waals surface area (Å²) in [5.41, 5.74) is 10.8. The maximum atomic E-state index is 13.6. The second-order valence-corrected chi connectivity index (χ2v) is 13.0. The van der Waals surface area contributed by atoms with Gasteiger partial charge in [-0.25, -0.2) is 4.79 Å². The van der Waals surface area contributed by atoms with Crippen molar-refractivity contribution in [3.63, 3.8) is 0 Å². The van der Waals surface area contributed by atoms with Crippen molar-refractivity contribution in [2.75, 3.05) is 13.2 Å². The molecule has 0 bridgehead atoms. The van der Waals surface area contributed by atoms with Crippen molar-refractivity contribution in [3.05, 3.63) is 135 Å². The summed E-state index contributed by atoms with van der Waals surface area (Å²) in [5, 5.41) is 0. The molecule has 1 atom stereocenters. The minimum atomic E-state index is -0.885. The summed E-state index contributed by atoms with van der Waals surface area (Å²) in [7, 11) is 0. The zero-order chi connectivity index (χ0) is 34.7. The second-order valence-electron chi connectivity index (χ2n) is 13.0. The molecule has 0 saturated carbocycles. The van der Waals surface area contributed by atoms with Crippen molar-refractivity contribution >= 4 is 11.8 Å². The number of ketones is 1. The third-order valence-corrected chi connectivity index (χ3v) is 9.58. The first-order valence-electron chi connectivity index (χ1n) is 17.3. The highest BCUT2D eigenvalue weighted by Gasteiger charge is 2.47. The smallest absolute Gasteiger partial charge is 0.341 e. The summed E-state index contributed by atoms with van der Waals surface area (Å²) in [6.45, 7) is 12.3. The minimum absolute atomic E-state index is 0.0000925. The maximum Gasteiger partial charge on any atom is 0.341 e. The van der Waals surface area contributed by atoms with E-state index in [-0.39, 0.29) is 12.4 Å². The SMILES string of the molecule is CCCCCCOc1ccc(C2(c3ccc(C)c(C(C)=O)c3)c3cc(C)ccc3-c3ccc(-c4cnc(C)cn4)cc32)cc1C(=O)OCC. The minimum Gasteiger partial charge on any atom is -0.493 e. The summed E-state index contributed by atoms with van der Waals surface area (Å²) in [6, 6.07) is 25.1. The van der Waals surface area contributed by atoms with E-state index in [1.165, 1.54) is 0 Å². The number of hydrogen-bond acceptors (Lipinski definition) is 6. The summed E-state index contributed by atoms with van der Waals surface area (Å²) in [6.07, 6.45) is 7.83. The molecule has 5 aromatic rings. The molecular formula is C43H44N2O4. The number of ether oxygens (including phenoxy) is 2. The van der Waals surface area contributed by atoms with Gasteiger partial charge in [0.05, 0.1) is 36.2 Å². The molecule has 0 radical (unpaired) electrons. The van der Waals surface area contributed by atoms with E-state index in [4.69, 9.17) is 14.5 Å². The largest absolute Gasteiger partial charge is 0.493 e. The highest BCUT2D eigenvalue weighted by molar-refractivity contribution is 5.97. The number of aryl methyl sites for hydroxylation is 3. The Morgan fingerprint density at radius 3 is 2.14 bits per heavy atom. The van der Waals surface area contributed by atoms with Gasteiger partial charge in [0.1, 0.15) is 11.3 Å². The Bertz CT molecular complexity index is 2030. The summed E-state index contributed by atoms with van der Waals surface area (Å²) >= 11 is 0. The van der Waals surface area contributed by atoms with Crippen molar-refractivity contribution in [1.29, 1.82) is 0 Å². The number of hydrogen-bond donors (Lipinski definition) is 0. The van der Waals surface area contributed by atoms with E-state index in [9.17, 15) is 9.59 Å². The molecule has 1 aliphatic carbocycles. The summed E-state index contributed by atoms with van der Waals surface area (Å²) in [5.74, 6) is 0.0798. The van der Waals surface area contributed by atoms with E-state index in [1.54, 1.807) is 19.3 Å². The van der Waals surface area contributed by atoms with Gasteiger partial charge in [-0.15, -0.1) is 0 Å². The predicted octanol–water partition coefficient (Wildman–Crippen LogP) is 9.77. The third-order valence-electron chi connectivity index (χ3n) is 9.58. The van der Waals surface area contributed by atoms with Crippen molar-refractivity contribution < 1.29 is 19.1 Å². The topological polar surface area (TPSA) is 78.4 Å². The van der Waals surface area contributed by atoms with E-state index >= 15 is 0 Å². The Labute approximate surface area is 289 Å². The predicted molar refractivity (Wildman–Crippen MR) is 195 cm³/mol. The van der Waals surface area contributed by atoms with E-state index in [0.29, 0.717) is 23.5 Å². The molecule has 4 aromatic carbocycles. The summed E-state index contributed by atoms with van der Waals surface area (Å²) < 4.78 is 11.9. The number of unbranched alkanes of at least 4 members (excludes halogenated alkanes) is 3. The Kier molecular flexibility index (Phi) is 9.77. The van der Waals surface area contributed by atoms with Gasteiger partial charge in [-0.1, -0.05) is 80.3 Å². The second kappa shape index (κ2) is 14.2. The molecule has 0 fully saturated rings.